The molecule has 0 aliphatic carbocycles. The largest absolute Gasteiger partial charge is 0.494 e. The fourth-order valence-corrected chi connectivity index (χ4v) is 4.91. The molecule has 7 nitrogen and oxygen atoms in total. The molecular formula is C24H33N3O4S. The molecule has 2 aromatic rings. The van der Waals surface area contributed by atoms with Gasteiger partial charge >= 0.3 is 0 Å². The molecule has 1 fully saturated rings. The number of amides is 1. The van der Waals surface area contributed by atoms with Gasteiger partial charge in [-0.25, -0.2) is 8.42 Å². The van der Waals surface area contributed by atoms with Crippen LogP contribution in [0.25, 0.3) is 0 Å². The molecule has 0 bridgehead atoms. The Hall–Kier alpha value is -2.42. The van der Waals surface area contributed by atoms with E-state index in [0.717, 1.165) is 25.1 Å². The molecule has 0 spiro atoms. The molecule has 0 radical (unpaired) electrons. The van der Waals surface area contributed by atoms with Crippen molar-refractivity contribution in [2.75, 3.05) is 45.1 Å². The number of rotatable bonds is 11. The summed E-state index contributed by atoms with van der Waals surface area (Å²) in [4.78, 5) is 14.6. The third-order valence-electron chi connectivity index (χ3n) is 5.50. The molecule has 32 heavy (non-hydrogen) atoms. The highest BCUT2D eigenvalue weighted by molar-refractivity contribution is 7.89. The van der Waals surface area contributed by atoms with Gasteiger partial charge in [-0.3, -0.25) is 9.69 Å². The van der Waals surface area contributed by atoms with Crippen LogP contribution in [0.4, 0.5) is 0 Å². The zero-order chi connectivity index (χ0) is 22.8. The van der Waals surface area contributed by atoms with Crippen LogP contribution in [0.3, 0.4) is 0 Å². The van der Waals surface area contributed by atoms with Crippen LogP contribution in [-0.2, 0) is 16.6 Å². The maximum absolute atomic E-state index is 12.7. The van der Waals surface area contributed by atoms with E-state index in [1.807, 2.05) is 18.2 Å². The molecular weight excluding hydrogens is 426 g/mol. The first kappa shape index (κ1) is 24.2. The average molecular weight is 460 g/mol. The number of ether oxygens (including phenoxy) is 1. The lowest BCUT2D eigenvalue weighted by molar-refractivity contribution is 0.0956. The number of carbonyl (C=O) groups excluding carboxylic acids is 1. The number of unbranched alkanes of at least 4 members (excludes halogenated alkanes) is 1. The number of piperazine rings is 1. The van der Waals surface area contributed by atoms with E-state index in [0.29, 0.717) is 38.3 Å². The van der Waals surface area contributed by atoms with Crippen LogP contribution >= 0.6 is 0 Å². The number of nitrogens with zero attached hydrogens (tertiary/aromatic N) is 2. The minimum atomic E-state index is -3.41. The fourth-order valence-electron chi connectivity index (χ4n) is 3.57. The summed E-state index contributed by atoms with van der Waals surface area (Å²) in [5, 5.41) is 2.71. The maximum Gasteiger partial charge on any atom is 0.251 e. The monoisotopic (exact) mass is 459 g/mol. The predicted octanol–water partition coefficient (Wildman–Crippen LogP) is 2.74. The maximum atomic E-state index is 12.7. The van der Waals surface area contributed by atoms with Crippen LogP contribution in [0.2, 0.25) is 0 Å². The van der Waals surface area contributed by atoms with Crippen LogP contribution in [-0.4, -0.2) is 68.6 Å². The number of hydrogen-bond donors (Lipinski definition) is 1. The standard InChI is InChI=1S/C24H33N3O4S/c1-2-3-18-31-23-11-9-22(10-12-23)24(28)25-13-19-32(29,30)27-16-14-26(15-17-27)20-21-7-5-4-6-8-21/h4-12H,2-3,13-20H2,1H3,(H,25,28). The second-order valence-electron chi connectivity index (χ2n) is 7.96. The predicted molar refractivity (Wildman–Crippen MR) is 126 cm³/mol. The minimum absolute atomic E-state index is 0.0835. The van der Waals surface area contributed by atoms with Gasteiger partial charge in [0.05, 0.1) is 12.4 Å². The molecule has 1 aliphatic heterocycles. The second kappa shape index (κ2) is 12.0. The number of carbonyl (C=O) groups is 1. The smallest absolute Gasteiger partial charge is 0.251 e. The molecule has 1 saturated heterocycles. The highest BCUT2D eigenvalue weighted by Gasteiger charge is 2.26. The fraction of sp³-hybridized carbons (Fsp3) is 0.458. The van der Waals surface area contributed by atoms with Gasteiger partial charge in [-0.05, 0) is 36.2 Å². The zero-order valence-electron chi connectivity index (χ0n) is 18.7. The zero-order valence-corrected chi connectivity index (χ0v) is 19.5. The summed E-state index contributed by atoms with van der Waals surface area (Å²) in [6.45, 7) is 6.02. The van der Waals surface area contributed by atoms with E-state index in [9.17, 15) is 13.2 Å². The van der Waals surface area contributed by atoms with Gasteiger partial charge in [0.15, 0.2) is 0 Å². The van der Waals surface area contributed by atoms with E-state index in [1.165, 1.54) is 9.87 Å². The highest BCUT2D eigenvalue weighted by atomic mass is 32.2. The molecule has 0 unspecified atom stereocenters. The van der Waals surface area contributed by atoms with Crippen molar-refractivity contribution in [1.29, 1.82) is 0 Å². The van der Waals surface area contributed by atoms with Crippen molar-refractivity contribution < 1.29 is 17.9 Å². The van der Waals surface area contributed by atoms with Crippen molar-refractivity contribution in [1.82, 2.24) is 14.5 Å². The van der Waals surface area contributed by atoms with Crippen molar-refractivity contribution in [3.8, 4) is 5.75 Å². The Bertz CT molecular complexity index is 941. The molecule has 1 amide bonds. The molecule has 1 N–H and O–H groups in total. The topological polar surface area (TPSA) is 78.9 Å². The van der Waals surface area contributed by atoms with Gasteiger partial charge in [-0.2, -0.15) is 4.31 Å². The van der Waals surface area contributed by atoms with Crippen LogP contribution in [0.1, 0.15) is 35.7 Å². The van der Waals surface area contributed by atoms with E-state index < -0.39 is 10.0 Å². The summed E-state index contributed by atoms with van der Waals surface area (Å²) < 4.78 is 32.5. The van der Waals surface area contributed by atoms with Crippen LogP contribution in [0, 0.1) is 0 Å². The van der Waals surface area contributed by atoms with Crippen LogP contribution < -0.4 is 10.1 Å². The lowest BCUT2D eigenvalue weighted by atomic mass is 10.2. The molecule has 0 aromatic heterocycles. The number of sulfonamides is 1. The van der Waals surface area contributed by atoms with Gasteiger partial charge in [0.1, 0.15) is 5.75 Å². The van der Waals surface area contributed by atoms with Gasteiger partial charge < -0.3 is 10.1 Å². The normalized spacial score (nSPS) is 15.4. The lowest BCUT2D eigenvalue weighted by Gasteiger charge is -2.34. The Morgan fingerprint density at radius 3 is 2.34 bits per heavy atom. The van der Waals surface area contributed by atoms with Crippen LogP contribution in [0.15, 0.2) is 54.6 Å². The van der Waals surface area contributed by atoms with Gasteiger partial charge in [0, 0.05) is 44.8 Å². The number of benzene rings is 2. The van der Waals surface area contributed by atoms with Crippen molar-refractivity contribution in [2.45, 2.75) is 26.3 Å². The first-order valence-electron chi connectivity index (χ1n) is 11.2. The third-order valence-corrected chi connectivity index (χ3v) is 7.37. The summed E-state index contributed by atoms with van der Waals surface area (Å²) >= 11 is 0. The molecule has 8 heteroatoms. The lowest BCUT2D eigenvalue weighted by Crippen LogP contribution is -2.49. The summed E-state index contributed by atoms with van der Waals surface area (Å²) in [6, 6.07) is 17.1. The van der Waals surface area contributed by atoms with Crippen molar-refractivity contribution in [3.63, 3.8) is 0 Å². The molecule has 1 aliphatic rings. The van der Waals surface area contributed by atoms with E-state index in [1.54, 1.807) is 24.3 Å². The first-order chi connectivity index (χ1) is 15.5. The summed E-state index contributed by atoms with van der Waals surface area (Å²) in [5.41, 5.74) is 1.71. The Balaban J connectivity index is 1.40. The number of hydrogen-bond acceptors (Lipinski definition) is 5. The van der Waals surface area contributed by atoms with E-state index in [-0.39, 0.29) is 18.2 Å². The minimum Gasteiger partial charge on any atom is -0.494 e. The molecule has 3 rings (SSSR count). The summed E-state index contributed by atoms with van der Waals surface area (Å²) in [6.07, 6.45) is 2.05. The third kappa shape index (κ3) is 7.32. The van der Waals surface area contributed by atoms with E-state index in [4.69, 9.17) is 4.74 Å². The second-order valence-corrected chi connectivity index (χ2v) is 10.0. The molecule has 2 aromatic carbocycles. The SMILES string of the molecule is CCCCOc1ccc(C(=O)NCCS(=O)(=O)N2CCN(Cc3ccccc3)CC2)cc1. The number of nitrogens with one attached hydrogen (secondary N) is 1. The Labute approximate surface area is 191 Å². The molecule has 0 saturated carbocycles. The van der Waals surface area contributed by atoms with E-state index in [2.05, 4.69) is 29.3 Å². The van der Waals surface area contributed by atoms with Gasteiger partial charge in [-0.15, -0.1) is 0 Å². The first-order valence-corrected chi connectivity index (χ1v) is 12.8. The Morgan fingerprint density at radius 2 is 1.69 bits per heavy atom. The van der Waals surface area contributed by atoms with Gasteiger partial charge in [-0.1, -0.05) is 43.7 Å². The van der Waals surface area contributed by atoms with Gasteiger partial charge in [0.2, 0.25) is 10.0 Å². The van der Waals surface area contributed by atoms with Crippen molar-refractivity contribution in [2.24, 2.45) is 0 Å². The molecule has 174 valence electrons. The molecule has 1 heterocycles. The average Bonchev–Trinajstić information content (AvgIpc) is 2.80. The van der Waals surface area contributed by atoms with E-state index >= 15 is 0 Å². The Kier molecular flexibility index (Phi) is 9.08. The highest BCUT2D eigenvalue weighted by Crippen LogP contribution is 2.14. The van der Waals surface area contributed by atoms with Crippen molar-refractivity contribution >= 4 is 15.9 Å². The van der Waals surface area contributed by atoms with Gasteiger partial charge in [0.25, 0.3) is 5.91 Å². The Morgan fingerprint density at radius 1 is 1.00 bits per heavy atom. The summed E-state index contributed by atoms with van der Waals surface area (Å²) in [5.74, 6) is 0.340. The molecule has 0 atom stereocenters. The quantitative estimate of drug-likeness (QED) is 0.523. The van der Waals surface area contributed by atoms with Crippen molar-refractivity contribution in [3.05, 3.63) is 65.7 Å². The van der Waals surface area contributed by atoms with Crippen LogP contribution in [0.5, 0.6) is 5.75 Å². The summed E-state index contributed by atoms with van der Waals surface area (Å²) in [7, 11) is -3.41.